The van der Waals surface area contributed by atoms with E-state index < -0.39 is 34.2 Å². The number of rotatable bonds is 6. The molecule has 19 heavy (non-hydrogen) atoms. The molecule has 1 rings (SSSR count). The largest absolute Gasteiger partial charge is 0.502 e. The quantitative estimate of drug-likeness (QED) is 0.390. The number of nitrogens with one attached hydrogen (secondary N) is 1. The third-order valence-corrected chi connectivity index (χ3v) is 2.45. The van der Waals surface area contributed by atoms with Crippen molar-refractivity contribution in [2.24, 2.45) is 0 Å². The Morgan fingerprint density at radius 2 is 2.11 bits per heavy atom. The summed E-state index contributed by atoms with van der Waals surface area (Å²) in [6, 6.07) is 2.63. The van der Waals surface area contributed by atoms with E-state index in [9.17, 15) is 24.8 Å². The second-order valence-corrected chi connectivity index (χ2v) is 3.79. The molecule has 8 nitrogen and oxygen atoms in total. The zero-order chi connectivity index (χ0) is 14.6. The van der Waals surface area contributed by atoms with Gasteiger partial charge in [0.2, 0.25) is 5.75 Å². The Bertz CT molecular complexity index is 528. The molecule has 0 spiro atoms. The van der Waals surface area contributed by atoms with Crippen LogP contribution in [0.15, 0.2) is 18.2 Å². The minimum Gasteiger partial charge on any atom is -0.502 e. The molecule has 0 aliphatic carbocycles. The van der Waals surface area contributed by atoms with E-state index in [0.717, 1.165) is 6.07 Å². The van der Waals surface area contributed by atoms with E-state index in [1.54, 1.807) is 0 Å². The third kappa shape index (κ3) is 3.49. The molecule has 0 saturated carbocycles. The zero-order valence-corrected chi connectivity index (χ0v) is 9.99. The van der Waals surface area contributed by atoms with Gasteiger partial charge in [0.05, 0.1) is 17.0 Å². The van der Waals surface area contributed by atoms with Crippen molar-refractivity contribution in [3.05, 3.63) is 33.9 Å². The van der Waals surface area contributed by atoms with Gasteiger partial charge < -0.3 is 10.2 Å². The first-order chi connectivity index (χ1) is 8.84. The summed E-state index contributed by atoms with van der Waals surface area (Å²) in [6.07, 6.45) is 0. The summed E-state index contributed by atoms with van der Waals surface area (Å²) in [6.45, 7) is 1.01. The average molecular weight is 268 g/mol. The van der Waals surface area contributed by atoms with Gasteiger partial charge >= 0.3 is 11.7 Å². The Morgan fingerprint density at radius 3 is 2.63 bits per heavy atom. The number of Topliss-reactive ketones (excluding diaryl/α,β-unsaturated/α-hetero) is 1. The Labute approximate surface area is 107 Å². The molecule has 0 radical (unpaired) electrons. The molecule has 102 valence electrons. The molecule has 0 fully saturated rings. The second-order valence-electron chi connectivity index (χ2n) is 3.79. The molecule has 1 aromatic rings. The van der Waals surface area contributed by atoms with Crippen LogP contribution in [0.25, 0.3) is 0 Å². The smallest absolute Gasteiger partial charge is 0.320 e. The van der Waals surface area contributed by atoms with Crippen molar-refractivity contribution in [3.63, 3.8) is 0 Å². The van der Waals surface area contributed by atoms with E-state index in [0.29, 0.717) is 0 Å². The van der Waals surface area contributed by atoms with Crippen molar-refractivity contribution in [1.29, 1.82) is 0 Å². The lowest BCUT2D eigenvalue weighted by atomic mass is 10.1. The lowest BCUT2D eigenvalue weighted by Gasteiger charge is -2.09. The van der Waals surface area contributed by atoms with Gasteiger partial charge in [-0.05, 0) is 13.0 Å². The summed E-state index contributed by atoms with van der Waals surface area (Å²) >= 11 is 0. The SMILES string of the molecule is CC(NCC(=O)c1cccc([N+](=O)[O-])c1O)C(=O)O. The number of para-hydroxylation sites is 1. The maximum Gasteiger partial charge on any atom is 0.320 e. The van der Waals surface area contributed by atoms with Gasteiger partial charge in [-0.1, -0.05) is 6.07 Å². The maximum absolute atomic E-state index is 11.7. The Hall–Kier alpha value is -2.48. The number of nitro benzene ring substituents is 1. The fraction of sp³-hybridized carbons (Fsp3) is 0.273. The standard InChI is InChI=1S/C11H12N2O6/c1-6(11(16)17)12-5-9(14)7-3-2-4-8(10(7)15)13(18)19/h2-4,6,12,15H,5H2,1H3,(H,16,17). The van der Waals surface area contributed by atoms with E-state index in [1.165, 1.54) is 19.1 Å². The minimum atomic E-state index is -1.13. The number of nitro groups is 1. The van der Waals surface area contributed by atoms with E-state index in [1.807, 2.05) is 0 Å². The molecule has 3 N–H and O–H groups in total. The number of carbonyl (C=O) groups excluding carboxylic acids is 1. The summed E-state index contributed by atoms with van der Waals surface area (Å²) < 4.78 is 0. The molecule has 1 unspecified atom stereocenters. The Kier molecular flexibility index (Phi) is 4.54. The minimum absolute atomic E-state index is 0.223. The van der Waals surface area contributed by atoms with Crippen LogP contribution in [-0.4, -0.2) is 39.5 Å². The number of carboxylic acid groups (broad SMARTS) is 1. The monoisotopic (exact) mass is 268 g/mol. The van der Waals surface area contributed by atoms with Gasteiger partial charge in [-0.3, -0.25) is 25.0 Å². The molecular weight excluding hydrogens is 256 g/mol. The van der Waals surface area contributed by atoms with Crippen LogP contribution in [0.3, 0.4) is 0 Å². The Balaban J connectivity index is 2.86. The van der Waals surface area contributed by atoms with Gasteiger partial charge in [0.25, 0.3) is 0 Å². The van der Waals surface area contributed by atoms with Gasteiger partial charge in [0, 0.05) is 6.07 Å². The summed E-state index contributed by atoms with van der Waals surface area (Å²) in [5, 5.41) is 31.2. The fourth-order valence-electron chi connectivity index (χ4n) is 1.33. The third-order valence-electron chi connectivity index (χ3n) is 2.45. The molecule has 0 heterocycles. The Morgan fingerprint density at radius 1 is 1.47 bits per heavy atom. The van der Waals surface area contributed by atoms with Crippen molar-refractivity contribution >= 4 is 17.4 Å². The van der Waals surface area contributed by atoms with E-state index >= 15 is 0 Å². The number of aliphatic carboxylic acids is 1. The first-order valence-electron chi connectivity index (χ1n) is 5.30. The van der Waals surface area contributed by atoms with Crippen molar-refractivity contribution < 1.29 is 24.7 Å². The number of carboxylic acids is 1. The van der Waals surface area contributed by atoms with Gasteiger partial charge in [0.1, 0.15) is 6.04 Å². The van der Waals surface area contributed by atoms with E-state index in [4.69, 9.17) is 5.11 Å². The highest BCUT2D eigenvalue weighted by atomic mass is 16.6. The second kappa shape index (κ2) is 5.91. The van der Waals surface area contributed by atoms with Crippen LogP contribution >= 0.6 is 0 Å². The first kappa shape index (κ1) is 14.6. The number of ketones is 1. The summed E-state index contributed by atoms with van der Waals surface area (Å²) in [5.74, 6) is -2.48. The number of nitrogens with zero attached hydrogens (tertiary/aromatic N) is 1. The van der Waals surface area contributed by atoms with Gasteiger partial charge in [-0.2, -0.15) is 0 Å². The highest BCUT2D eigenvalue weighted by molar-refractivity contribution is 6.01. The highest BCUT2D eigenvalue weighted by Crippen LogP contribution is 2.29. The number of hydrogen-bond acceptors (Lipinski definition) is 6. The average Bonchev–Trinajstić information content (AvgIpc) is 2.35. The molecule has 8 heteroatoms. The summed E-state index contributed by atoms with van der Waals surface area (Å²) in [5.41, 5.74) is -0.795. The van der Waals surface area contributed by atoms with Gasteiger partial charge in [0.15, 0.2) is 5.78 Å². The molecule has 0 amide bonds. The van der Waals surface area contributed by atoms with Crippen molar-refractivity contribution in [1.82, 2.24) is 5.32 Å². The number of phenols is 1. The molecule has 1 atom stereocenters. The van der Waals surface area contributed by atoms with E-state index in [-0.39, 0.29) is 12.1 Å². The molecular formula is C11H12N2O6. The number of benzene rings is 1. The predicted octanol–water partition coefficient (Wildman–Crippen LogP) is 0.546. The van der Waals surface area contributed by atoms with Gasteiger partial charge in [-0.15, -0.1) is 0 Å². The number of hydrogen-bond donors (Lipinski definition) is 3. The molecule has 0 aliphatic heterocycles. The summed E-state index contributed by atoms with van der Waals surface area (Å²) in [7, 11) is 0. The lowest BCUT2D eigenvalue weighted by molar-refractivity contribution is -0.385. The normalized spacial score (nSPS) is 11.8. The number of aromatic hydroxyl groups is 1. The number of carbonyl (C=O) groups is 2. The topological polar surface area (TPSA) is 130 Å². The van der Waals surface area contributed by atoms with Crippen molar-refractivity contribution in [2.45, 2.75) is 13.0 Å². The van der Waals surface area contributed by atoms with Crippen LogP contribution in [-0.2, 0) is 4.79 Å². The van der Waals surface area contributed by atoms with Crippen LogP contribution in [0.4, 0.5) is 5.69 Å². The zero-order valence-electron chi connectivity index (χ0n) is 9.99. The van der Waals surface area contributed by atoms with Crippen LogP contribution < -0.4 is 5.32 Å². The molecule has 1 aromatic carbocycles. The molecule has 0 aromatic heterocycles. The van der Waals surface area contributed by atoms with Crippen LogP contribution in [0.2, 0.25) is 0 Å². The van der Waals surface area contributed by atoms with Gasteiger partial charge in [-0.25, -0.2) is 0 Å². The van der Waals surface area contributed by atoms with Crippen molar-refractivity contribution in [3.8, 4) is 5.75 Å². The summed E-state index contributed by atoms with van der Waals surface area (Å²) in [4.78, 5) is 32.1. The maximum atomic E-state index is 11.7. The molecule has 0 saturated heterocycles. The molecule has 0 bridgehead atoms. The van der Waals surface area contributed by atoms with Crippen molar-refractivity contribution in [2.75, 3.05) is 6.54 Å². The van der Waals surface area contributed by atoms with E-state index in [2.05, 4.69) is 5.32 Å². The highest BCUT2D eigenvalue weighted by Gasteiger charge is 2.21. The van der Waals surface area contributed by atoms with Crippen LogP contribution in [0, 0.1) is 10.1 Å². The fourth-order valence-corrected chi connectivity index (χ4v) is 1.33. The van der Waals surface area contributed by atoms with Crippen LogP contribution in [0.5, 0.6) is 5.75 Å². The predicted molar refractivity (Wildman–Crippen MR) is 64.2 cm³/mol. The first-order valence-corrected chi connectivity index (χ1v) is 5.30. The number of phenolic OH excluding ortho intramolecular Hbond substituents is 1. The van der Waals surface area contributed by atoms with Crippen LogP contribution in [0.1, 0.15) is 17.3 Å². The molecule has 0 aliphatic rings. The lowest BCUT2D eigenvalue weighted by Crippen LogP contribution is -2.37.